The number of carbonyl (C=O) groups is 1. The van der Waals surface area contributed by atoms with Gasteiger partial charge >= 0.3 is 6.03 Å². The molecular weight excluding hydrogens is 328 g/mol. The average molecular weight is 351 g/mol. The van der Waals surface area contributed by atoms with Crippen molar-refractivity contribution in [2.45, 2.75) is 36.8 Å². The number of amides is 2. The third-order valence-electron chi connectivity index (χ3n) is 5.32. The molecule has 130 valence electrons. The number of hydrogen-bond acceptors (Lipinski definition) is 3. The summed E-state index contributed by atoms with van der Waals surface area (Å²) < 4.78 is 11.4. The lowest BCUT2D eigenvalue weighted by Crippen LogP contribution is -2.58. The van der Waals surface area contributed by atoms with Crippen LogP contribution >= 0.6 is 11.6 Å². The van der Waals surface area contributed by atoms with Gasteiger partial charge in [-0.05, 0) is 24.1 Å². The molecule has 2 amide bonds. The van der Waals surface area contributed by atoms with E-state index in [2.05, 4.69) is 11.4 Å². The highest BCUT2D eigenvalue weighted by Crippen LogP contribution is 2.41. The first-order valence-electron chi connectivity index (χ1n) is 8.68. The molecule has 2 saturated heterocycles. The van der Waals surface area contributed by atoms with Crippen LogP contribution in [0.3, 0.4) is 0 Å². The van der Waals surface area contributed by atoms with E-state index in [9.17, 15) is 4.79 Å². The van der Waals surface area contributed by atoms with Crippen LogP contribution in [-0.2, 0) is 9.47 Å². The molecule has 1 aromatic rings. The van der Waals surface area contributed by atoms with E-state index in [-0.39, 0.29) is 17.7 Å². The number of ether oxygens (including phenoxy) is 2. The van der Waals surface area contributed by atoms with Crippen molar-refractivity contribution in [1.29, 1.82) is 0 Å². The summed E-state index contributed by atoms with van der Waals surface area (Å²) in [6, 6.07) is 8.15. The maximum Gasteiger partial charge on any atom is 0.317 e. The molecule has 2 heterocycles. The Morgan fingerprint density at radius 1 is 1.29 bits per heavy atom. The van der Waals surface area contributed by atoms with Gasteiger partial charge < -0.3 is 19.7 Å². The lowest BCUT2D eigenvalue weighted by molar-refractivity contribution is -0.145. The summed E-state index contributed by atoms with van der Waals surface area (Å²) in [5, 5.41) is 3.92. The van der Waals surface area contributed by atoms with Crippen LogP contribution in [-0.4, -0.2) is 55.5 Å². The first-order chi connectivity index (χ1) is 11.7. The van der Waals surface area contributed by atoms with E-state index in [1.54, 1.807) is 0 Å². The molecule has 3 fully saturated rings. The normalized spacial score (nSPS) is 28.6. The summed E-state index contributed by atoms with van der Waals surface area (Å²) in [5.41, 5.74) is 1.000. The number of morpholine rings is 1. The molecule has 0 unspecified atom stereocenters. The first kappa shape index (κ1) is 16.2. The fraction of sp³-hybridized carbons (Fsp3) is 0.611. The van der Waals surface area contributed by atoms with Gasteiger partial charge in [-0.1, -0.05) is 23.7 Å². The number of rotatable bonds is 2. The van der Waals surface area contributed by atoms with E-state index < -0.39 is 0 Å². The van der Waals surface area contributed by atoms with Crippen molar-refractivity contribution in [3.63, 3.8) is 0 Å². The Balaban J connectivity index is 1.33. The largest absolute Gasteiger partial charge is 0.381 e. The van der Waals surface area contributed by atoms with Crippen molar-refractivity contribution in [3.05, 3.63) is 34.9 Å². The second-order valence-corrected chi connectivity index (χ2v) is 7.46. The van der Waals surface area contributed by atoms with Crippen molar-refractivity contribution < 1.29 is 14.3 Å². The monoisotopic (exact) mass is 350 g/mol. The van der Waals surface area contributed by atoms with Crippen molar-refractivity contribution in [1.82, 2.24) is 10.2 Å². The lowest BCUT2D eigenvalue weighted by atomic mass is 9.92. The topological polar surface area (TPSA) is 50.8 Å². The van der Waals surface area contributed by atoms with Crippen LogP contribution in [0.2, 0.25) is 5.02 Å². The molecule has 2 atom stereocenters. The van der Waals surface area contributed by atoms with Crippen LogP contribution in [0.5, 0.6) is 0 Å². The second-order valence-electron chi connectivity index (χ2n) is 7.02. The van der Waals surface area contributed by atoms with E-state index in [0.29, 0.717) is 25.6 Å². The highest BCUT2D eigenvalue weighted by atomic mass is 35.5. The maximum absolute atomic E-state index is 12.6. The zero-order valence-electron chi connectivity index (χ0n) is 13.7. The average Bonchev–Trinajstić information content (AvgIpc) is 3.35. The highest BCUT2D eigenvalue weighted by Gasteiger charge is 2.43. The van der Waals surface area contributed by atoms with Crippen LogP contribution in [0.4, 0.5) is 4.79 Å². The van der Waals surface area contributed by atoms with Gasteiger partial charge in [0.1, 0.15) is 0 Å². The summed E-state index contributed by atoms with van der Waals surface area (Å²) in [5.74, 6) is 0.380. The Morgan fingerprint density at radius 3 is 2.92 bits per heavy atom. The third-order valence-corrected chi connectivity index (χ3v) is 5.55. The zero-order chi connectivity index (χ0) is 16.6. The molecule has 4 rings (SSSR count). The molecule has 5 nitrogen and oxygen atoms in total. The van der Waals surface area contributed by atoms with Crippen LogP contribution in [0.1, 0.15) is 30.7 Å². The van der Waals surface area contributed by atoms with Gasteiger partial charge in [-0.2, -0.15) is 0 Å². The lowest BCUT2D eigenvalue weighted by Gasteiger charge is -2.44. The predicted molar refractivity (Wildman–Crippen MR) is 91.4 cm³/mol. The van der Waals surface area contributed by atoms with Gasteiger partial charge in [0.15, 0.2) is 0 Å². The molecule has 1 N–H and O–H groups in total. The molecule has 2 aliphatic heterocycles. The molecule has 0 aromatic heterocycles. The maximum atomic E-state index is 12.6. The number of carbonyl (C=O) groups excluding carboxylic acids is 1. The van der Waals surface area contributed by atoms with Crippen molar-refractivity contribution >= 4 is 17.6 Å². The summed E-state index contributed by atoms with van der Waals surface area (Å²) in [6.45, 7) is 3.36. The fourth-order valence-electron chi connectivity index (χ4n) is 3.77. The van der Waals surface area contributed by atoms with E-state index in [0.717, 1.165) is 37.5 Å². The molecular formula is C18H23ClN2O3. The van der Waals surface area contributed by atoms with E-state index >= 15 is 0 Å². The first-order valence-corrected chi connectivity index (χ1v) is 9.06. The van der Waals surface area contributed by atoms with Crippen molar-refractivity contribution in [2.75, 3.05) is 32.9 Å². The smallest absolute Gasteiger partial charge is 0.317 e. The third kappa shape index (κ3) is 3.39. The molecule has 24 heavy (non-hydrogen) atoms. The Kier molecular flexibility index (Phi) is 4.41. The number of nitrogens with zero attached hydrogens (tertiary/aromatic N) is 1. The van der Waals surface area contributed by atoms with Crippen LogP contribution in [0.15, 0.2) is 24.3 Å². The zero-order valence-corrected chi connectivity index (χ0v) is 14.4. The standard InChI is InChI=1S/C18H23ClN2O3/c19-14-3-1-2-13(10-14)15-11-16(15)20-17(22)21-6-9-24-18(12-21)4-7-23-8-5-18/h1-3,10,15-16H,4-9,11-12H2,(H,20,22)/t15-,16+/m0/s1. The van der Waals surface area contributed by atoms with Gasteiger partial charge in [-0.15, -0.1) is 0 Å². The summed E-state index contributed by atoms with van der Waals surface area (Å²) in [4.78, 5) is 14.5. The molecule has 3 aliphatic rings. The summed E-state index contributed by atoms with van der Waals surface area (Å²) >= 11 is 6.05. The Hall–Kier alpha value is -1.30. The predicted octanol–water partition coefficient (Wildman–Crippen LogP) is 2.79. The number of nitrogens with one attached hydrogen (secondary N) is 1. The van der Waals surface area contributed by atoms with Gasteiger partial charge in [0.2, 0.25) is 0 Å². The van der Waals surface area contributed by atoms with Crippen LogP contribution < -0.4 is 5.32 Å². The Morgan fingerprint density at radius 2 is 2.12 bits per heavy atom. The van der Waals surface area contributed by atoms with Gasteiger partial charge in [0, 0.05) is 49.6 Å². The Labute approximate surface area is 147 Å². The number of urea groups is 1. The molecule has 1 aromatic carbocycles. The van der Waals surface area contributed by atoms with Crippen LogP contribution in [0, 0.1) is 0 Å². The van der Waals surface area contributed by atoms with Gasteiger partial charge in [-0.3, -0.25) is 0 Å². The molecule has 0 bridgehead atoms. The summed E-state index contributed by atoms with van der Waals surface area (Å²) in [7, 11) is 0. The van der Waals surface area contributed by atoms with Gasteiger partial charge in [0.25, 0.3) is 0 Å². The van der Waals surface area contributed by atoms with E-state index in [1.165, 1.54) is 5.56 Å². The minimum Gasteiger partial charge on any atom is -0.381 e. The minimum atomic E-state index is -0.205. The molecule has 1 aliphatic carbocycles. The van der Waals surface area contributed by atoms with E-state index in [4.69, 9.17) is 21.1 Å². The second kappa shape index (κ2) is 6.54. The van der Waals surface area contributed by atoms with Crippen LogP contribution in [0.25, 0.3) is 0 Å². The SMILES string of the molecule is O=C(N[C@@H]1C[C@H]1c1cccc(Cl)c1)N1CCOC2(CCOCC2)C1. The summed E-state index contributed by atoms with van der Waals surface area (Å²) in [6.07, 6.45) is 2.71. The van der Waals surface area contributed by atoms with Crippen molar-refractivity contribution in [3.8, 4) is 0 Å². The van der Waals surface area contributed by atoms with Crippen molar-refractivity contribution in [2.24, 2.45) is 0 Å². The number of benzene rings is 1. The minimum absolute atomic E-state index is 0.0266. The molecule has 1 spiro atoms. The Bertz CT molecular complexity index is 613. The molecule has 0 radical (unpaired) electrons. The molecule has 1 saturated carbocycles. The van der Waals surface area contributed by atoms with E-state index in [1.807, 2.05) is 23.1 Å². The quantitative estimate of drug-likeness (QED) is 0.892. The highest BCUT2D eigenvalue weighted by molar-refractivity contribution is 6.30. The van der Waals surface area contributed by atoms with Gasteiger partial charge in [0.05, 0.1) is 18.8 Å². The number of halogens is 1. The molecule has 6 heteroatoms. The van der Waals surface area contributed by atoms with Gasteiger partial charge in [-0.25, -0.2) is 4.79 Å². The number of hydrogen-bond donors (Lipinski definition) is 1. The fourth-order valence-corrected chi connectivity index (χ4v) is 3.97.